The molecule has 0 aliphatic rings. The van der Waals surface area contributed by atoms with Crippen molar-refractivity contribution in [1.29, 1.82) is 0 Å². The van der Waals surface area contributed by atoms with Crippen LogP contribution in [0.1, 0.15) is 402 Å². The normalized spacial score (nSPS) is 14.4. The maximum absolute atomic E-state index is 13.1. The molecular formula is C82H156O17P2. The lowest BCUT2D eigenvalue weighted by Crippen LogP contribution is -2.30. The number of allylic oxidation sites excluding steroid dienone is 4. The minimum absolute atomic E-state index is 0.101. The van der Waals surface area contributed by atoms with E-state index in [2.05, 4.69) is 72.8 Å². The lowest BCUT2D eigenvalue weighted by Gasteiger charge is -2.21. The van der Waals surface area contributed by atoms with Gasteiger partial charge in [0.2, 0.25) is 0 Å². The molecule has 0 rings (SSSR count). The van der Waals surface area contributed by atoms with Crippen molar-refractivity contribution in [2.75, 3.05) is 39.6 Å². The molecule has 0 aliphatic heterocycles. The van der Waals surface area contributed by atoms with E-state index in [-0.39, 0.29) is 25.7 Å². The number of carbonyl (C=O) groups excluding carboxylic acids is 4. The van der Waals surface area contributed by atoms with Crippen molar-refractivity contribution in [3.63, 3.8) is 0 Å². The maximum Gasteiger partial charge on any atom is 0.472 e. The molecule has 596 valence electrons. The summed E-state index contributed by atoms with van der Waals surface area (Å²) in [5, 5.41) is 10.6. The van der Waals surface area contributed by atoms with Crippen LogP contribution in [0.2, 0.25) is 0 Å². The standard InChI is InChI=1S/C82H156O17P2/c1-8-10-11-12-13-14-15-16-18-25-30-35-42-49-56-63-79(84)92-69-77(98-81(86)65-58-51-43-36-31-26-20-17-19-23-28-33-39-46-53-60-73(3)4)71-96-100(88,89)94-67-76(83)68-95-101(90,91)97-72-78(70-93-80(85)64-57-50-45-38-40-47-54-61-74(5)6)99-82(87)66-59-52-44-37-32-27-22-21-24-29-34-41-48-55-62-75(7)9-2/h14-16,18,73-78,83H,8-13,17,19-72H2,1-7H3,(H,88,89)(H,90,91)/b15-14-,18-16-/t75?,76?,77-,78-/m1/s1. The van der Waals surface area contributed by atoms with E-state index in [1.807, 2.05) is 0 Å². The molecule has 3 N–H and O–H groups in total. The molecule has 0 aliphatic carbocycles. The van der Waals surface area contributed by atoms with Gasteiger partial charge in [0, 0.05) is 25.7 Å². The Kier molecular flexibility index (Phi) is 70.0. The first-order valence-electron chi connectivity index (χ1n) is 41.7. The van der Waals surface area contributed by atoms with Gasteiger partial charge in [-0.1, -0.05) is 349 Å². The van der Waals surface area contributed by atoms with Crippen LogP contribution in [0.15, 0.2) is 24.3 Å². The second-order valence-electron chi connectivity index (χ2n) is 30.0. The molecule has 0 amide bonds. The molecule has 0 bridgehead atoms. The van der Waals surface area contributed by atoms with Gasteiger partial charge in [-0.15, -0.1) is 0 Å². The highest BCUT2D eigenvalue weighted by molar-refractivity contribution is 7.47. The predicted molar refractivity (Wildman–Crippen MR) is 414 cm³/mol. The molecule has 0 heterocycles. The van der Waals surface area contributed by atoms with Crippen molar-refractivity contribution >= 4 is 39.5 Å². The number of ether oxygens (including phenoxy) is 4. The SMILES string of the molecule is CCCCCC/C=C\C=C/CCCCCCCC(=O)OC[C@H](COP(=O)(O)OCC(O)COP(=O)(O)OC[C@@H](COC(=O)CCCCCCCCCC(C)C)OC(=O)CCCCCCCCCCCCCCCCC(C)CC)OC(=O)CCCCCCCCCCCCCCCCCC(C)C. The Hall–Kier alpha value is -2.46. The molecule has 0 radical (unpaired) electrons. The first-order valence-corrected chi connectivity index (χ1v) is 44.7. The first kappa shape index (κ1) is 98.5. The molecule has 6 atom stereocenters. The van der Waals surface area contributed by atoms with Crippen LogP contribution < -0.4 is 0 Å². The molecule has 17 nitrogen and oxygen atoms in total. The average Bonchev–Trinajstić information content (AvgIpc) is 0.950. The van der Waals surface area contributed by atoms with Crippen LogP contribution in [-0.2, 0) is 65.4 Å². The summed E-state index contributed by atoms with van der Waals surface area (Å²) in [5.74, 6) is 0.208. The summed E-state index contributed by atoms with van der Waals surface area (Å²) in [7, 11) is -9.93. The zero-order valence-corrected chi connectivity index (χ0v) is 67.6. The molecule has 0 saturated heterocycles. The van der Waals surface area contributed by atoms with E-state index in [4.69, 9.17) is 37.0 Å². The van der Waals surface area contributed by atoms with Crippen molar-refractivity contribution in [2.45, 2.75) is 420 Å². The Morgan fingerprint density at radius 1 is 0.327 bits per heavy atom. The van der Waals surface area contributed by atoms with Gasteiger partial charge in [0.05, 0.1) is 26.4 Å². The molecule has 0 aromatic heterocycles. The fourth-order valence-electron chi connectivity index (χ4n) is 12.1. The molecule has 19 heteroatoms. The summed E-state index contributed by atoms with van der Waals surface area (Å²) in [5.41, 5.74) is 0. The van der Waals surface area contributed by atoms with E-state index in [0.717, 1.165) is 127 Å². The second-order valence-corrected chi connectivity index (χ2v) is 32.9. The van der Waals surface area contributed by atoms with Crippen LogP contribution in [0.25, 0.3) is 0 Å². The van der Waals surface area contributed by atoms with Crippen molar-refractivity contribution in [3.8, 4) is 0 Å². The predicted octanol–water partition coefficient (Wildman–Crippen LogP) is 24.1. The van der Waals surface area contributed by atoms with Gasteiger partial charge in [0.1, 0.15) is 19.3 Å². The number of hydrogen-bond donors (Lipinski definition) is 3. The van der Waals surface area contributed by atoms with Gasteiger partial charge in [0.15, 0.2) is 12.2 Å². The highest BCUT2D eigenvalue weighted by Crippen LogP contribution is 2.45. The van der Waals surface area contributed by atoms with E-state index in [0.29, 0.717) is 31.6 Å². The first-order chi connectivity index (χ1) is 48.8. The van der Waals surface area contributed by atoms with Crippen molar-refractivity contribution < 1.29 is 80.2 Å². The van der Waals surface area contributed by atoms with Gasteiger partial charge in [-0.2, -0.15) is 0 Å². The van der Waals surface area contributed by atoms with Crippen molar-refractivity contribution in [3.05, 3.63) is 24.3 Å². The molecular weight excluding hydrogens is 1320 g/mol. The quantitative estimate of drug-likeness (QED) is 0.0169. The average molecular weight is 1480 g/mol. The zero-order chi connectivity index (χ0) is 74.4. The number of carbonyl (C=O) groups is 4. The van der Waals surface area contributed by atoms with E-state index < -0.39 is 97.5 Å². The third kappa shape index (κ3) is 74.2. The Morgan fingerprint density at radius 3 is 0.881 bits per heavy atom. The molecule has 0 aromatic rings. The van der Waals surface area contributed by atoms with Crippen molar-refractivity contribution in [1.82, 2.24) is 0 Å². The number of phosphoric ester groups is 2. The number of aliphatic hydroxyl groups is 1. The van der Waals surface area contributed by atoms with Gasteiger partial charge >= 0.3 is 39.5 Å². The van der Waals surface area contributed by atoms with E-state index in [1.165, 1.54) is 186 Å². The Labute approximate surface area is 618 Å². The van der Waals surface area contributed by atoms with Gasteiger partial charge in [0.25, 0.3) is 0 Å². The van der Waals surface area contributed by atoms with Crippen LogP contribution >= 0.6 is 15.6 Å². The summed E-state index contributed by atoms with van der Waals surface area (Å²) < 4.78 is 68.7. The summed E-state index contributed by atoms with van der Waals surface area (Å²) in [6, 6.07) is 0. The number of rotatable bonds is 78. The fourth-order valence-corrected chi connectivity index (χ4v) is 13.7. The van der Waals surface area contributed by atoms with Crippen LogP contribution in [0.3, 0.4) is 0 Å². The number of esters is 4. The highest BCUT2D eigenvalue weighted by Gasteiger charge is 2.30. The third-order valence-corrected chi connectivity index (χ3v) is 20.8. The number of phosphoric acid groups is 2. The molecule has 0 spiro atoms. The molecule has 101 heavy (non-hydrogen) atoms. The molecule has 4 unspecified atom stereocenters. The van der Waals surface area contributed by atoms with Gasteiger partial charge in [-0.3, -0.25) is 37.3 Å². The van der Waals surface area contributed by atoms with Crippen LogP contribution in [0.4, 0.5) is 0 Å². The molecule has 0 saturated carbocycles. The summed E-state index contributed by atoms with van der Waals surface area (Å²) in [6.45, 7) is 11.9. The Bertz CT molecular complexity index is 2050. The smallest absolute Gasteiger partial charge is 0.462 e. The largest absolute Gasteiger partial charge is 0.472 e. The third-order valence-electron chi connectivity index (χ3n) is 18.9. The Balaban J connectivity index is 5.27. The number of aliphatic hydroxyl groups excluding tert-OH is 1. The van der Waals surface area contributed by atoms with Crippen LogP contribution in [0.5, 0.6) is 0 Å². The van der Waals surface area contributed by atoms with E-state index >= 15 is 0 Å². The van der Waals surface area contributed by atoms with Gasteiger partial charge < -0.3 is 33.8 Å². The van der Waals surface area contributed by atoms with Gasteiger partial charge in [-0.05, 0) is 69.1 Å². The van der Waals surface area contributed by atoms with Crippen LogP contribution in [-0.4, -0.2) is 96.7 Å². The molecule has 0 aromatic carbocycles. The molecule has 0 fully saturated rings. The van der Waals surface area contributed by atoms with Crippen molar-refractivity contribution in [2.24, 2.45) is 17.8 Å². The summed E-state index contributed by atoms with van der Waals surface area (Å²) in [4.78, 5) is 73.0. The number of hydrogen-bond acceptors (Lipinski definition) is 15. The monoisotopic (exact) mass is 1480 g/mol. The second kappa shape index (κ2) is 71.8. The van der Waals surface area contributed by atoms with Crippen LogP contribution in [0, 0.1) is 17.8 Å². The number of unbranched alkanes of at least 4 members (excludes halogenated alkanes) is 42. The minimum Gasteiger partial charge on any atom is -0.462 e. The minimum atomic E-state index is -4.97. The Morgan fingerprint density at radius 2 is 0.584 bits per heavy atom. The highest BCUT2D eigenvalue weighted by atomic mass is 31.2. The topological polar surface area (TPSA) is 237 Å². The van der Waals surface area contributed by atoms with E-state index in [1.54, 1.807) is 0 Å². The summed E-state index contributed by atoms with van der Waals surface area (Å²) in [6.07, 6.45) is 63.2. The van der Waals surface area contributed by atoms with E-state index in [9.17, 15) is 43.2 Å². The maximum atomic E-state index is 13.1. The summed E-state index contributed by atoms with van der Waals surface area (Å²) >= 11 is 0. The zero-order valence-electron chi connectivity index (χ0n) is 65.9. The fraction of sp³-hybridized carbons (Fsp3) is 0.902. The lowest BCUT2D eigenvalue weighted by atomic mass is 9.99. The van der Waals surface area contributed by atoms with Gasteiger partial charge in [-0.25, -0.2) is 9.13 Å². The lowest BCUT2D eigenvalue weighted by molar-refractivity contribution is -0.161.